The van der Waals surface area contributed by atoms with Gasteiger partial charge in [-0.2, -0.15) is 0 Å². The Bertz CT molecular complexity index is 582. The summed E-state index contributed by atoms with van der Waals surface area (Å²) >= 11 is 0. The summed E-state index contributed by atoms with van der Waals surface area (Å²) in [6, 6.07) is 12.3. The molecule has 0 aliphatic heterocycles. The van der Waals surface area contributed by atoms with Crippen molar-refractivity contribution in [2.45, 2.75) is 26.4 Å². The van der Waals surface area contributed by atoms with Crippen LogP contribution in [0.1, 0.15) is 19.4 Å². The molecule has 0 aliphatic rings. The van der Waals surface area contributed by atoms with Gasteiger partial charge in [-0.05, 0) is 30.3 Å². The normalized spacial score (nSPS) is 10.7. The molecule has 2 aromatic rings. The summed E-state index contributed by atoms with van der Waals surface area (Å²) in [6.45, 7) is 4.65. The first-order chi connectivity index (χ1) is 10.1. The molecular formula is C17H20FNO2. The number of hydrogen-bond acceptors (Lipinski definition) is 3. The molecule has 0 atom stereocenters. The smallest absolute Gasteiger partial charge is 0.167 e. The largest absolute Gasteiger partial charge is 0.497 e. The molecule has 0 bridgehead atoms. The molecule has 1 N–H and O–H groups in total. The highest BCUT2D eigenvalue weighted by molar-refractivity contribution is 5.40. The number of halogens is 1. The van der Waals surface area contributed by atoms with Crippen molar-refractivity contribution in [3.63, 3.8) is 0 Å². The zero-order valence-corrected chi connectivity index (χ0v) is 12.5. The zero-order valence-electron chi connectivity index (χ0n) is 12.5. The molecular weight excluding hydrogens is 269 g/mol. The van der Waals surface area contributed by atoms with Gasteiger partial charge in [0.1, 0.15) is 11.5 Å². The molecule has 0 amide bonds. The summed E-state index contributed by atoms with van der Waals surface area (Å²) in [5.41, 5.74) is 0.791. The summed E-state index contributed by atoms with van der Waals surface area (Å²) in [4.78, 5) is 0. The SMILES string of the molecule is COc1ccc(Oc2c(F)cccc2CNC(C)C)cc1. The molecule has 0 unspecified atom stereocenters. The topological polar surface area (TPSA) is 30.5 Å². The van der Waals surface area contributed by atoms with Crippen molar-refractivity contribution in [1.82, 2.24) is 5.32 Å². The fraction of sp³-hybridized carbons (Fsp3) is 0.294. The van der Waals surface area contributed by atoms with Crippen LogP contribution in [0.25, 0.3) is 0 Å². The Morgan fingerprint density at radius 1 is 1.05 bits per heavy atom. The average Bonchev–Trinajstić information content (AvgIpc) is 2.48. The lowest BCUT2D eigenvalue weighted by molar-refractivity contribution is 0.410. The third-order valence-electron chi connectivity index (χ3n) is 3.03. The van der Waals surface area contributed by atoms with Gasteiger partial charge in [-0.1, -0.05) is 26.0 Å². The molecule has 0 fully saturated rings. The van der Waals surface area contributed by atoms with Crippen LogP contribution in [0.5, 0.6) is 17.2 Å². The van der Waals surface area contributed by atoms with Crippen LogP contribution in [0.4, 0.5) is 4.39 Å². The number of rotatable bonds is 6. The minimum absolute atomic E-state index is 0.260. The fourth-order valence-corrected chi connectivity index (χ4v) is 1.88. The van der Waals surface area contributed by atoms with E-state index >= 15 is 0 Å². The van der Waals surface area contributed by atoms with Crippen molar-refractivity contribution in [2.75, 3.05) is 7.11 Å². The lowest BCUT2D eigenvalue weighted by atomic mass is 10.2. The molecule has 112 valence electrons. The maximum atomic E-state index is 14.0. The Morgan fingerprint density at radius 2 is 1.71 bits per heavy atom. The first kappa shape index (κ1) is 15.3. The Kier molecular flexibility index (Phi) is 5.17. The predicted molar refractivity (Wildman–Crippen MR) is 81.4 cm³/mol. The molecule has 0 heterocycles. The second-order valence-electron chi connectivity index (χ2n) is 5.04. The first-order valence-corrected chi connectivity index (χ1v) is 6.93. The van der Waals surface area contributed by atoms with Crippen LogP contribution in [-0.4, -0.2) is 13.2 Å². The van der Waals surface area contributed by atoms with Crippen LogP contribution in [0, 0.1) is 5.82 Å². The van der Waals surface area contributed by atoms with E-state index in [1.54, 1.807) is 37.4 Å². The second-order valence-corrected chi connectivity index (χ2v) is 5.04. The van der Waals surface area contributed by atoms with Crippen LogP contribution in [-0.2, 0) is 6.54 Å². The number of nitrogens with one attached hydrogen (secondary N) is 1. The highest BCUT2D eigenvalue weighted by Crippen LogP contribution is 2.29. The number of para-hydroxylation sites is 1. The van der Waals surface area contributed by atoms with E-state index in [1.165, 1.54) is 6.07 Å². The van der Waals surface area contributed by atoms with Crippen molar-refractivity contribution in [1.29, 1.82) is 0 Å². The molecule has 0 aromatic heterocycles. The van der Waals surface area contributed by atoms with Crippen LogP contribution >= 0.6 is 0 Å². The van der Waals surface area contributed by atoms with Gasteiger partial charge in [-0.25, -0.2) is 4.39 Å². The number of ether oxygens (including phenoxy) is 2. The fourth-order valence-electron chi connectivity index (χ4n) is 1.88. The molecule has 3 nitrogen and oxygen atoms in total. The molecule has 21 heavy (non-hydrogen) atoms. The second kappa shape index (κ2) is 7.09. The minimum atomic E-state index is -0.367. The average molecular weight is 289 g/mol. The maximum absolute atomic E-state index is 14.0. The Balaban J connectivity index is 2.20. The van der Waals surface area contributed by atoms with Crippen molar-refractivity contribution < 1.29 is 13.9 Å². The van der Waals surface area contributed by atoms with E-state index in [4.69, 9.17) is 9.47 Å². The van der Waals surface area contributed by atoms with Crippen molar-refractivity contribution in [2.24, 2.45) is 0 Å². The Hall–Kier alpha value is -2.07. The van der Waals surface area contributed by atoms with Gasteiger partial charge >= 0.3 is 0 Å². The maximum Gasteiger partial charge on any atom is 0.167 e. The predicted octanol–water partition coefficient (Wildman–Crippen LogP) is 4.12. The minimum Gasteiger partial charge on any atom is -0.497 e. The van der Waals surface area contributed by atoms with Gasteiger partial charge in [0.2, 0.25) is 0 Å². The van der Waals surface area contributed by atoms with E-state index in [0.29, 0.717) is 18.3 Å². The van der Waals surface area contributed by atoms with Crippen molar-refractivity contribution in [3.05, 3.63) is 53.8 Å². The molecule has 0 aliphatic carbocycles. The van der Waals surface area contributed by atoms with E-state index in [-0.39, 0.29) is 11.6 Å². The molecule has 2 aromatic carbocycles. The summed E-state index contributed by atoms with van der Waals surface area (Å²) in [6.07, 6.45) is 0. The van der Waals surface area contributed by atoms with Gasteiger partial charge in [0.15, 0.2) is 11.6 Å². The lowest BCUT2D eigenvalue weighted by Gasteiger charge is -2.14. The highest BCUT2D eigenvalue weighted by Gasteiger charge is 2.11. The van der Waals surface area contributed by atoms with E-state index in [2.05, 4.69) is 5.32 Å². The third kappa shape index (κ3) is 4.20. The first-order valence-electron chi connectivity index (χ1n) is 6.93. The summed E-state index contributed by atoms with van der Waals surface area (Å²) in [5.74, 6) is 1.20. The molecule has 0 saturated heterocycles. The van der Waals surface area contributed by atoms with Crippen LogP contribution < -0.4 is 14.8 Å². The van der Waals surface area contributed by atoms with Gasteiger partial charge in [0, 0.05) is 18.2 Å². The van der Waals surface area contributed by atoms with E-state index < -0.39 is 0 Å². The van der Waals surface area contributed by atoms with Crippen LogP contribution in [0.15, 0.2) is 42.5 Å². The summed E-state index contributed by atoms with van der Waals surface area (Å²) in [7, 11) is 1.60. The molecule has 0 radical (unpaired) electrons. The lowest BCUT2D eigenvalue weighted by Crippen LogP contribution is -2.22. The van der Waals surface area contributed by atoms with E-state index in [1.807, 2.05) is 19.9 Å². The molecule has 2 rings (SSSR count). The highest BCUT2D eigenvalue weighted by atomic mass is 19.1. The standard InChI is InChI=1S/C17H20FNO2/c1-12(2)19-11-13-5-4-6-16(18)17(13)21-15-9-7-14(20-3)8-10-15/h4-10,12,19H,11H2,1-3H3. The molecule has 0 saturated carbocycles. The monoisotopic (exact) mass is 289 g/mol. The summed E-state index contributed by atoms with van der Waals surface area (Å²) in [5, 5.41) is 3.27. The Morgan fingerprint density at radius 3 is 2.33 bits per heavy atom. The molecule has 0 spiro atoms. The zero-order chi connectivity index (χ0) is 15.2. The van der Waals surface area contributed by atoms with Crippen LogP contribution in [0.2, 0.25) is 0 Å². The van der Waals surface area contributed by atoms with Gasteiger partial charge in [-0.3, -0.25) is 0 Å². The van der Waals surface area contributed by atoms with Gasteiger partial charge in [0.05, 0.1) is 7.11 Å². The third-order valence-corrected chi connectivity index (χ3v) is 3.03. The van der Waals surface area contributed by atoms with Gasteiger partial charge < -0.3 is 14.8 Å². The van der Waals surface area contributed by atoms with E-state index in [9.17, 15) is 4.39 Å². The number of hydrogen-bond donors (Lipinski definition) is 1. The molecule has 4 heteroatoms. The van der Waals surface area contributed by atoms with Crippen molar-refractivity contribution in [3.8, 4) is 17.2 Å². The van der Waals surface area contributed by atoms with Gasteiger partial charge in [0.25, 0.3) is 0 Å². The van der Waals surface area contributed by atoms with Gasteiger partial charge in [-0.15, -0.1) is 0 Å². The Labute approximate surface area is 124 Å². The number of methoxy groups -OCH3 is 1. The van der Waals surface area contributed by atoms with E-state index in [0.717, 1.165) is 11.3 Å². The summed E-state index contributed by atoms with van der Waals surface area (Å²) < 4.78 is 24.8. The quantitative estimate of drug-likeness (QED) is 0.867. The van der Waals surface area contributed by atoms with Crippen LogP contribution in [0.3, 0.4) is 0 Å². The van der Waals surface area contributed by atoms with Crippen molar-refractivity contribution >= 4 is 0 Å². The number of benzene rings is 2.